The Kier molecular flexibility index (Phi) is 7.78. The summed E-state index contributed by atoms with van der Waals surface area (Å²) < 4.78 is 10.7. The van der Waals surface area contributed by atoms with E-state index in [0.717, 1.165) is 12.8 Å². The second-order valence-electron chi connectivity index (χ2n) is 7.35. The number of ether oxygens (including phenoxy) is 2. The van der Waals surface area contributed by atoms with Crippen LogP contribution >= 0.6 is 0 Å². The topological polar surface area (TPSA) is 89.0 Å². The Labute approximate surface area is 182 Å². The number of aromatic nitrogens is 1. The summed E-state index contributed by atoms with van der Waals surface area (Å²) in [5, 5.41) is 11.0. The number of aliphatic hydroxyl groups excluding tert-OH is 1. The fourth-order valence-electron chi connectivity index (χ4n) is 3.58. The number of methoxy groups -OCH3 is 1. The molecular formula is C24H28N2O5. The van der Waals surface area contributed by atoms with Gasteiger partial charge in [0.05, 0.1) is 18.2 Å². The maximum absolute atomic E-state index is 12.9. The molecule has 2 aromatic rings. The lowest BCUT2D eigenvalue weighted by Crippen LogP contribution is -2.31. The number of hydrogen-bond acceptors (Lipinski definition) is 6. The van der Waals surface area contributed by atoms with Gasteiger partial charge in [0.2, 0.25) is 0 Å². The lowest BCUT2D eigenvalue weighted by atomic mass is 9.96. The summed E-state index contributed by atoms with van der Waals surface area (Å²) in [4.78, 5) is 31.2. The largest absolute Gasteiger partial charge is 0.507 e. The Bertz CT molecular complexity index is 925. The Morgan fingerprint density at radius 3 is 2.42 bits per heavy atom. The number of unbranched alkanes of at least 4 members (excludes halogenated alkanes) is 1. The molecule has 0 unspecified atom stereocenters. The summed E-state index contributed by atoms with van der Waals surface area (Å²) in [6, 6.07) is 9.70. The van der Waals surface area contributed by atoms with Gasteiger partial charge in [-0.15, -0.1) is 0 Å². The molecule has 0 bridgehead atoms. The zero-order chi connectivity index (χ0) is 22.2. The van der Waals surface area contributed by atoms with Crippen LogP contribution in [0.25, 0.3) is 5.76 Å². The third kappa shape index (κ3) is 5.11. The molecule has 1 atom stereocenters. The summed E-state index contributed by atoms with van der Waals surface area (Å²) >= 11 is 0. The van der Waals surface area contributed by atoms with E-state index in [-0.39, 0.29) is 11.3 Å². The van der Waals surface area contributed by atoms with Crippen molar-refractivity contribution in [3.63, 3.8) is 0 Å². The van der Waals surface area contributed by atoms with E-state index in [9.17, 15) is 14.7 Å². The van der Waals surface area contributed by atoms with Gasteiger partial charge in [0.15, 0.2) is 0 Å². The molecule has 0 spiro atoms. The number of likely N-dealkylation sites (tertiary alicyclic amines) is 1. The van der Waals surface area contributed by atoms with Gasteiger partial charge in [0.1, 0.15) is 11.5 Å². The van der Waals surface area contributed by atoms with E-state index < -0.39 is 17.7 Å². The zero-order valence-corrected chi connectivity index (χ0v) is 17.9. The van der Waals surface area contributed by atoms with Crippen LogP contribution in [-0.2, 0) is 14.3 Å². The Balaban J connectivity index is 1.96. The zero-order valence-electron chi connectivity index (χ0n) is 17.9. The highest BCUT2D eigenvalue weighted by atomic mass is 16.5. The molecule has 2 heterocycles. The van der Waals surface area contributed by atoms with Gasteiger partial charge in [-0.25, -0.2) is 0 Å². The minimum Gasteiger partial charge on any atom is -0.507 e. The molecule has 1 aliphatic rings. The number of amides is 1. The molecule has 1 aromatic heterocycles. The van der Waals surface area contributed by atoms with Crippen LogP contribution in [-0.4, -0.2) is 53.5 Å². The monoisotopic (exact) mass is 424 g/mol. The van der Waals surface area contributed by atoms with Crippen LogP contribution < -0.4 is 4.74 Å². The molecule has 1 aromatic carbocycles. The normalized spacial score (nSPS) is 17.9. The van der Waals surface area contributed by atoms with Gasteiger partial charge < -0.3 is 19.5 Å². The number of Topliss-reactive ketones (excluding diaryl/α,β-unsaturated/α-hetero) is 1. The maximum Gasteiger partial charge on any atom is 0.295 e. The standard InChI is InChI=1S/C24H28N2O5/c1-3-4-16-31-19-8-6-18(7-9-19)22(27)20-21(17-10-12-25-13-11-17)26(14-5-15-30-2)24(29)23(20)28/h6-13,21,27H,3-5,14-16H2,1-2H3/b22-20+/t21-/m0/s1. The number of rotatable bonds is 10. The number of carbonyl (C=O) groups excluding carboxylic acids is 2. The van der Waals surface area contributed by atoms with Gasteiger partial charge in [-0.05, 0) is 54.8 Å². The summed E-state index contributed by atoms with van der Waals surface area (Å²) in [6.45, 7) is 3.52. The first-order chi connectivity index (χ1) is 15.1. The summed E-state index contributed by atoms with van der Waals surface area (Å²) in [6.07, 6.45) is 5.79. The Morgan fingerprint density at radius 1 is 1.06 bits per heavy atom. The van der Waals surface area contributed by atoms with Crippen LogP contribution in [0, 0.1) is 0 Å². The molecular weight excluding hydrogens is 396 g/mol. The first-order valence-corrected chi connectivity index (χ1v) is 10.5. The average Bonchev–Trinajstić information content (AvgIpc) is 3.05. The number of hydrogen-bond donors (Lipinski definition) is 1. The van der Waals surface area contributed by atoms with Crippen LogP contribution in [0.5, 0.6) is 5.75 Å². The van der Waals surface area contributed by atoms with Crippen LogP contribution in [0.1, 0.15) is 43.4 Å². The number of aliphatic hydroxyl groups is 1. The van der Waals surface area contributed by atoms with Gasteiger partial charge in [0, 0.05) is 38.2 Å². The van der Waals surface area contributed by atoms with Crippen LogP contribution in [0.15, 0.2) is 54.4 Å². The molecule has 0 radical (unpaired) electrons. The van der Waals surface area contributed by atoms with Crippen molar-refractivity contribution in [3.05, 3.63) is 65.5 Å². The first kappa shape index (κ1) is 22.5. The molecule has 3 rings (SSSR count). The highest BCUT2D eigenvalue weighted by Crippen LogP contribution is 2.39. The van der Waals surface area contributed by atoms with Crippen molar-refractivity contribution >= 4 is 17.4 Å². The van der Waals surface area contributed by atoms with Crippen LogP contribution in [0.4, 0.5) is 0 Å². The number of benzene rings is 1. The summed E-state index contributed by atoms with van der Waals surface area (Å²) in [7, 11) is 1.59. The molecule has 0 saturated carbocycles. The molecule has 31 heavy (non-hydrogen) atoms. The fourth-order valence-corrected chi connectivity index (χ4v) is 3.58. The average molecular weight is 424 g/mol. The molecule has 1 fully saturated rings. The molecule has 0 aliphatic carbocycles. The third-order valence-corrected chi connectivity index (χ3v) is 5.20. The van der Waals surface area contributed by atoms with Gasteiger partial charge in [-0.3, -0.25) is 14.6 Å². The number of ketones is 1. The second-order valence-corrected chi connectivity index (χ2v) is 7.35. The van der Waals surface area contributed by atoms with E-state index in [4.69, 9.17) is 9.47 Å². The first-order valence-electron chi connectivity index (χ1n) is 10.5. The lowest BCUT2D eigenvalue weighted by Gasteiger charge is -2.25. The molecule has 7 heteroatoms. The van der Waals surface area contributed by atoms with Crippen LogP contribution in [0.2, 0.25) is 0 Å². The molecule has 1 aliphatic heterocycles. The summed E-state index contributed by atoms with van der Waals surface area (Å²) in [5.41, 5.74) is 1.25. The predicted molar refractivity (Wildman–Crippen MR) is 117 cm³/mol. The van der Waals surface area contributed by atoms with Crippen molar-refractivity contribution < 1.29 is 24.2 Å². The third-order valence-electron chi connectivity index (χ3n) is 5.20. The SMILES string of the molecule is CCCCOc1ccc(/C(O)=C2\C(=O)C(=O)N(CCCOC)[C@H]2c2ccncc2)cc1. The van der Waals surface area contributed by atoms with E-state index >= 15 is 0 Å². The van der Waals surface area contributed by atoms with E-state index in [0.29, 0.717) is 43.1 Å². The van der Waals surface area contributed by atoms with Crippen molar-refractivity contribution in [2.24, 2.45) is 0 Å². The maximum atomic E-state index is 12.9. The molecule has 7 nitrogen and oxygen atoms in total. The molecule has 1 N–H and O–H groups in total. The second kappa shape index (κ2) is 10.7. The van der Waals surface area contributed by atoms with Crippen molar-refractivity contribution in [3.8, 4) is 5.75 Å². The molecule has 164 valence electrons. The molecule has 1 amide bonds. The minimum atomic E-state index is -0.694. The lowest BCUT2D eigenvalue weighted by molar-refractivity contribution is -0.140. The van der Waals surface area contributed by atoms with Crippen molar-refractivity contribution in [2.75, 3.05) is 26.9 Å². The molecule has 1 saturated heterocycles. The Hall–Kier alpha value is -3.19. The minimum absolute atomic E-state index is 0.0771. The van der Waals surface area contributed by atoms with Crippen molar-refractivity contribution in [1.29, 1.82) is 0 Å². The van der Waals surface area contributed by atoms with Crippen molar-refractivity contribution in [1.82, 2.24) is 9.88 Å². The van der Waals surface area contributed by atoms with Crippen LogP contribution in [0.3, 0.4) is 0 Å². The predicted octanol–water partition coefficient (Wildman–Crippen LogP) is 3.72. The number of carbonyl (C=O) groups is 2. The van der Waals surface area contributed by atoms with Gasteiger partial charge >= 0.3 is 0 Å². The Morgan fingerprint density at radius 2 is 1.77 bits per heavy atom. The number of pyridine rings is 1. The van der Waals surface area contributed by atoms with E-state index in [1.54, 1.807) is 55.9 Å². The van der Waals surface area contributed by atoms with Crippen molar-refractivity contribution in [2.45, 2.75) is 32.2 Å². The number of nitrogens with zero attached hydrogens (tertiary/aromatic N) is 2. The van der Waals surface area contributed by atoms with Gasteiger partial charge in [-0.1, -0.05) is 13.3 Å². The fraction of sp³-hybridized carbons (Fsp3) is 0.375. The smallest absolute Gasteiger partial charge is 0.295 e. The highest BCUT2D eigenvalue weighted by Gasteiger charge is 2.45. The van der Waals surface area contributed by atoms with E-state index in [1.165, 1.54) is 4.90 Å². The van der Waals surface area contributed by atoms with Gasteiger partial charge in [0.25, 0.3) is 11.7 Å². The van der Waals surface area contributed by atoms with E-state index in [1.807, 2.05) is 0 Å². The summed E-state index contributed by atoms with van der Waals surface area (Å²) in [5.74, 6) is -0.829. The van der Waals surface area contributed by atoms with E-state index in [2.05, 4.69) is 11.9 Å². The highest BCUT2D eigenvalue weighted by molar-refractivity contribution is 6.46. The van der Waals surface area contributed by atoms with Gasteiger partial charge in [-0.2, -0.15) is 0 Å². The quantitative estimate of drug-likeness (QED) is 0.271.